The number of carbonyl (C=O) groups is 2. The van der Waals surface area contributed by atoms with Crippen molar-refractivity contribution >= 4 is 12.0 Å². The molecule has 0 radical (unpaired) electrons. The zero-order valence-electron chi connectivity index (χ0n) is 14.7. The number of nitrogens with one attached hydrogen (secondary N) is 1. The van der Waals surface area contributed by atoms with E-state index in [4.69, 9.17) is 9.47 Å². The minimum atomic E-state index is -0.530. The van der Waals surface area contributed by atoms with Crippen molar-refractivity contribution in [2.45, 2.75) is 58.5 Å². The molecule has 0 aromatic carbocycles. The third kappa shape index (κ3) is 5.09. The number of amides is 2. The first-order chi connectivity index (χ1) is 10.8. The Morgan fingerprint density at radius 1 is 1.13 bits per heavy atom. The molecule has 0 spiro atoms. The molecule has 1 N–H and O–H groups in total. The number of carbonyl (C=O) groups excluding carboxylic acids is 2. The first-order valence-electron chi connectivity index (χ1n) is 8.66. The third-order valence-electron chi connectivity index (χ3n) is 4.53. The van der Waals surface area contributed by atoms with Crippen molar-refractivity contribution in [3.05, 3.63) is 0 Å². The van der Waals surface area contributed by atoms with Gasteiger partial charge in [0.1, 0.15) is 5.60 Å². The Morgan fingerprint density at radius 2 is 1.74 bits per heavy atom. The lowest BCUT2D eigenvalue weighted by molar-refractivity contribution is -0.148. The van der Waals surface area contributed by atoms with Crippen molar-refractivity contribution in [1.29, 1.82) is 0 Å². The number of ether oxygens (including phenoxy) is 2. The highest BCUT2D eigenvalue weighted by atomic mass is 16.6. The van der Waals surface area contributed by atoms with Gasteiger partial charge in [-0.05, 0) is 33.6 Å². The molecule has 1 saturated carbocycles. The molecule has 2 aliphatic rings. The van der Waals surface area contributed by atoms with Crippen LogP contribution in [-0.2, 0) is 14.3 Å². The SMILES string of the molecule is CC(C)(C)OC(=O)NCC1(C(=O)N2CCOCC2)CCCCC1. The molecule has 0 atom stereocenters. The zero-order valence-corrected chi connectivity index (χ0v) is 14.7. The van der Waals surface area contributed by atoms with Gasteiger partial charge in [-0.15, -0.1) is 0 Å². The highest BCUT2D eigenvalue weighted by Crippen LogP contribution is 2.37. The first kappa shape index (κ1) is 18.0. The average Bonchev–Trinajstić information content (AvgIpc) is 2.52. The van der Waals surface area contributed by atoms with Crippen molar-refractivity contribution in [3.8, 4) is 0 Å². The number of morpholine rings is 1. The molecule has 0 bridgehead atoms. The quantitative estimate of drug-likeness (QED) is 0.864. The summed E-state index contributed by atoms with van der Waals surface area (Å²) < 4.78 is 10.6. The number of hydrogen-bond donors (Lipinski definition) is 1. The van der Waals surface area contributed by atoms with E-state index in [-0.39, 0.29) is 5.91 Å². The summed E-state index contributed by atoms with van der Waals surface area (Å²) >= 11 is 0. The molecule has 2 amide bonds. The van der Waals surface area contributed by atoms with E-state index < -0.39 is 17.1 Å². The van der Waals surface area contributed by atoms with Crippen LogP contribution in [0, 0.1) is 5.41 Å². The van der Waals surface area contributed by atoms with E-state index in [9.17, 15) is 9.59 Å². The van der Waals surface area contributed by atoms with Crippen LogP contribution in [-0.4, -0.2) is 55.3 Å². The van der Waals surface area contributed by atoms with Gasteiger partial charge in [0.2, 0.25) is 5.91 Å². The molecule has 1 saturated heterocycles. The number of nitrogens with zero attached hydrogens (tertiary/aromatic N) is 1. The highest BCUT2D eigenvalue weighted by Gasteiger charge is 2.42. The van der Waals surface area contributed by atoms with Gasteiger partial charge < -0.3 is 19.7 Å². The summed E-state index contributed by atoms with van der Waals surface area (Å²) in [5.41, 5.74) is -1.01. The predicted molar refractivity (Wildman–Crippen MR) is 87.2 cm³/mol. The van der Waals surface area contributed by atoms with Crippen LogP contribution in [0.5, 0.6) is 0 Å². The van der Waals surface area contributed by atoms with Gasteiger partial charge in [0.05, 0.1) is 18.6 Å². The predicted octanol–water partition coefficient (Wildman–Crippen LogP) is 2.32. The molecule has 0 aromatic rings. The van der Waals surface area contributed by atoms with Crippen LogP contribution in [0.15, 0.2) is 0 Å². The maximum absolute atomic E-state index is 13.1. The zero-order chi connectivity index (χ0) is 16.9. The van der Waals surface area contributed by atoms with E-state index in [1.54, 1.807) is 0 Å². The molecular weight excluding hydrogens is 296 g/mol. The summed E-state index contributed by atoms with van der Waals surface area (Å²) in [6.45, 7) is 8.35. The van der Waals surface area contributed by atoms with Crippen molar-refractivity contribution in [2.24, 2.45) is 5.41 Å². The number of hydrogen-bond acceptors (Lipinski definition) is 4. The van der Waals surface area contributed by atoms with Gasteiger partial charge in [-0.25, -0.2) is 4.79 Å². The number of alkyl carbamates (subject to hydrolysis) is 1. The minimum absolute atomic E-state index is 0.163. The minimum Gasteiger partial charge on any atom is -0.444 e. The lowest BCUT2D eigenvalue weighted by Crippen LogP contribution is -2.54. The van der Waals surface area contributed by atoms with Crippen molar-refractivity contribution in [2.75, 3.05) is 32.8 Å². The fourth-order valence-corrected chi connectivity index (χ4v) is 3.35. The molecular formula is C17H30N2O4. The van der Waals surface area contributed by atoms with E-state index in [1.807, 2.05) is 25.7 Å². The van der Waals surface area contributed by atoms with Crippen LogP contribution in [0.25, 0.3) is 0 Å². The lowest BCUT2D eigenvalue weighted by Gasteiger charge is -2.41. The van der Waals surface area contributed by atoms with E-state index in [2.05, 4.69) is 5.32 Å². The standard InChI is InChI=1S/C17H30N2O4/c1-16(2,3)23-15(21)18-13-17(7-5-4-6-8-17)14(20)19-9-11-22-12-10-19/h4-13H2,1-3H3,(H,18,21). The molecule has 1 aliphatic heterocycles. The van der Waals surface area contributed by atoms with E-state index in [0.717, 1.165) is 32.1 Å². The van der Waals surface area contributed by atoms with Crippen LogP contribution in [0.2, 0.25) is 0 Å². The second-order valence-corrected chi connectivity index (χ2v) is 7.60. The third-order valence-corrected chi connectivity index (χ3v) is 4.53. The molecule has 23 heavy (non-hydrogen) atoms. The molecule has 1 heterocycles. The van der Waals surface area contributed by atoms with Crippen LogP contribution in [0.1, 0.15) is 52.9 Å². The Balaban J connectivity index is 2.00. The normalized spacial score (nSPS) is 21.6. The molecule has 2 fully saturated rings. The van der Waals surface area contributed by atoms with Crippen LogP contribution in [0.3, 0.4) is 0 Å². The fraction of sp³-hybridized carbons (Fsp3) is 0.882. The molecule has 6 nitrogen and oxygen atoms in total. The van der Waals surface area contributed by atoms with E-state index in [1.165, 1.54) is 0 Å². The van der Waals surface area contributed by atoms with Gasteiger partial charge in [0, 0.05) is 19.6 Å². The summed E-state index contributed by atoms with van der Waals surface area (Å²) in [7, 11) is 0. The van der Waals surface area contributed by atoms with Crippen molar-refractivity contribution in [1.82, 2.24) is 10.2 Å². The molecule has 1 aliphatic carbocycles. The Hall–Kier alpha value is -1.30. The second-order valence-electron chi connectivity index (χ2n) is 7.60. The summed E-state index contributed by atoms with van der Waals surface area (Å²) in [6.07, 6.45) is 4.44. The first-order valence-corrected chi connectivity index (χ1v) is 8.66. The monoisotopic (exact) mass is 326 g/mol. The summed E-state index contributed by atoms with van der Waals surface area (Å²) in [5.74, 6) is 0.163. The van der Waals surface area contributed by atoms with Gasteiger partial charge in [0.25, 0.3) is 0 Å². The van der Waals surface area contributed by atoms with E-state index in [0.29, 0.717) is 32.8 Å². The molecule has 0 aromatic heterocycles. The largest absolute Gasteiger partial charge is 0.444 e. The maximum Gasteiger partial charge on any atom is 0.407 e. The van der Waals surface area contributed by atoms with Gasteiger partial charge in [-0.1, -0.05) is 19.3 Å². The van der Waals surface area contributed by atoms with Gasteiger partial charge in [0.15, 0.2) is 0 Å². The molecule has 0 unspecified atom stereocenters. The topological polar surface area (TPSA) is 67.9 Å². The van der Waals surface area contributed by atoms with Crippen LogP contribution >= 0.6 is 0 Å². The Labute approximate surface area is 138 Å². The average molecular weight is 326 g/mol. The molecule has 132 valence electrons. The van der Waals surface area contributed by atoms with Crippen LogP contribution < -0.4 is 5.32 Å². The molecule has 6 heteroatoms. The maximum atomic E-state index is 13.1. The summed E-state index contributed by atoms with van der Waals surface area (Å²) in [6, 6.07) is 0. The second kappa shape index (κ2) is 7.51. The lowest BCUT2D eigenvalue weighted by atomic mass is 9.72. The highest BCUT2D eigenvalue weighted by molar-refractivity contribution is 5.84. The van der Waals surface area contributed by atoms with Gasteiger partial charge >= 0.3 is 6.09 Å². The van der Waals surface area contributed by atoms with Crippen molar-refractivity contribution in [3.63, 3.8) is 0 Å². The van der Waals surface area contributed by atoms with Crippen molar-refractivity contribution < 1.29 is 19.1 Å². The van der Waals surface area contributed by atoms with E-state index >= 15 is 0 Å². The fourth-order valence-electron chi connectivity index (χ4n) is 3.35. The van der Waals surface area contributed by atoms with Gasteiger partial charge in [-0.3, -0.25) is 4.79 Å². The summed E-state index contributed by atoms with van der Waals surface area (Å²) in [4.78, 5) is 26.9. The summed E-state index contributed by atoms with van der Waals surface area (Å²) in [5, 5.41) is 2.83. The Bertz CT molecular complexity index is 419. The Kier molecular flexibility index (Phi) is 5.89. The van der Waals surface area contributed by atoms with Gasteiger partial charge in [-0.2, -0.15) is 0 Å². The molecule has 2 rings (SSSR count). The number of rotatable bonds is 3. The van der Waals surface area contributed by atoms with Crippen LogP contribution in [0.4, 0.5) is 4.79 Å². The Morgan fingerprint density at radius 3 is 2.30 bits per heavy atom. The smallest absolute Gasteiger partial charge is 0.407 e.